The van der Waals surface area contributed by atoms with E-state index in [-0.39, 0.29) is 12.7 Å². The maximum Gasteiger partial charge on any atom is 0.418 e. The van der Waals surface area contributed by atoms with Crippen LogP contribution in [0.25, 0.3) is 16.3 Å². The standard InChI is InChI=1S/C26H28N2O4/c1-26(2,3)32-25(30)27-13-11-20(12-14-27)21-9-10-22-16-28(17-23(22)15-21)24(29)31-18-19-7-5-4-6-8-19/h4-11,15-17H,12-14,18H2,1-3H3. The Labute approximate surface area is 188 Å². The molecule has 1 aliphatic heterocycles. The second kappa shape index (κ2) is 8.91. The van der Waals surface area contributed by atoms with Crippen LogP contribution in [-0.2, 0) is 16.1 Å². The summed E-state index contributed by atoms with van der Waals surface area (Å²) >= 11 is 0. The lowest BCUT2D eigenvalue weighted by Crippen LogP contribution is -2.39. The first-order valence-corrected chi connectivity index (χ1v) is 10.8. The topological polar surface area (TPSA) is 60.8 Å². The van der Waals surface area contributed by atoms with Crippen molar-refractivity contribution in [3.05, 3.63) is 78.1 Å². The molecule has 1 aliphatic rings. The largest absolute Gasteiger partial charge is 0.444 e. The number of benzene rings is 2. The number of carbonyl (C=O) groups is 2. The first kappa shape index (κ1) is 21.7. The fourth-order valence-electron chi connectivity index (χ4n) is 3.66. The molecule has 0 fully saturated rings. The average molecular weight is 433 g/mol. The first-order valence-electron chi connectivity index (χ1n) is 10.8. The maximum absolute atomic E-state index is 12.5. The molecular weight excluding hydrogens is 404 g/mol. The molecule has 1 aromatic heterocycles. The number of ether oxygens (including phenoxy) is 2. The van der Waals surface area contributed by atoms with Gasteiger partial charge < -0.3 is 14.4 Å². The van der Waals surface area contributed by atoms with Crippen LogP contribution in [0.3, 0.4) is 0 Å². The van der Waals surface area contributed by atoms with Gasteiger partial charge in [0.15, 0.2) is 0 Å². The van der Waals surface area contributed by atoms with E-state index >= 15 is 0 Å². The molecule has 0 N–H and O–H groups in total. The first-order chi connectivity index (χ1) is 15.3. The number of fused-ring (bicyclic) bond motifs is 1. The van der Waals surface area contributed by atoms with Crippen molar-refractivity contribution in [1.82, 2.24) is 9.47 Å². The van der Waals surface area contributed by atoms with Crippen LogP contribution in [0, 0.1) is 0 Å². The summed E-state index contributed by atoms with van der Waals surface area (Å²) in [6.07, 6.45) is 5.71. The van der Waals surface area contributed by atoms with E-state index < -0.39 is 11.7 Å². The molecule has 4 rings (SSSR count). The highest BCUT2D eigenvalue weighted by Gasteiger charge is 2.24. The van der Waals surface area contributed by atoms with Crippen LogP contribution in [0.4, 0.5) is 9.59 Å². The van der Waals surface area contributed by atoms with E-state index in [4.69, 9.17) is 9.47 Å². The fourth-order valence-corrected chi connectivity index (χ4v) is 3.66. The van der Waals surface area contributed by atoms with Crippen LogP contribution < -0.4 is 0 Å². The lowest BCUT2D eigenvalue weighted by atomic mass is 9.98. The minimum absolute atomic E-state index is 0.237. The molecule has 6 heteroatoms. The molecule has 2 aromatic carbocycles. The zero-order valence-electron chi connectivity index (χ0n) is 18.7. The lowest BCUT2D eigenvalue weighted by molar-refractivity contribution is 0.0270. The van der Waals surface area contributed by atoms with E-state index in [1.807, 2.05) is 57.2 Å². The highest BCUT2D eigenvalue weighted by Crippen LogP contribution is 2.27. The zero-order chi connectivity index (χ0) is 22.7. The molecule has 0 radical (unpaired) electrons. The van der Waals surface area contributed by atoms with Crippen LogP contribution >= 0.6 is 0 Å². The number of nitrogens with zero attached hydrogens (tertiary/aromatic N) is 2. The fraction of sp³-hybridized carbons (Fsp3) is 0.308. The normalized spacial score (nSPS) is 14.2. The molecule has 166 valence electrons. The van der Waals surface area contributed by atoms with Crippen molar-refractivity contribution in [2.75, 3.05) is 13.1 Å². The number of carbonyl (C=O) groups excluding carboxylic acids is 2. The monoisotopic (exact) mass is 432 g/mol. The smallest absolute Gasteiger partial charge is 0.418 e. The van der Waals surface area contributed by atoms with Crippen molar-refractivity contribution in [2.45, 2.75) is 39.4 Å². The van der Waals surface area contributed by atoms with Crippen molar-refractivity contribution in [1.29, 1.82) is 0 Å². The number of amides is 1. The average Bonchev–Trinajstić information content (AvgIpc) is 3.21. The van der Waals surface area contributed by atoms with Crippen LogP contribution in [0.5, 0.6) is 0 Å². The third kappa shape index (κ3) is 5.19. The van der Waals surface area contributed by atoms with Gasteiger partial charge in [0, 0.05) is 36.3 Å². The lowest BCUT2D eigenvalue weighted by Gasteiger charge is -2.29. The Bertz CT molecular complexity index is 1160. The molecule has 1 amide bonds. The number of aromatic nitrogens is 1. The van der Waals surface area contributed by atoms with Crippen LogP contribution in [-0.4, -0.2) is 40.3 Å². The van der Waals surface area contributed by atoms with E-state index in [2.05, 4.69) is 18.2 Å². The second-order valence-electron chi connectivity index (χ2n) is 8.96. The molecule has 0 saturated carbocycles. The highest BCUT2D eigenvalue weighted by atomic mass is 16.6. The third-order valence-corrected chi connectivity index (χ3v) is 5.29. The SMILES string of the molecule is CC(C)(C)OC(=O)N1CC=C(c2ccc3cn(C(=O)OCc4ccccc4)cc3c2)CC1. The van der Waals surface area contributed by atoms with Gasteiger partial charge >= 0.3 is 12.2 Å². The quantitative estimate of drug-likeness (QED) is 0.521. The number of hydrogen-bond acceptors (Lipinski definition) is 4. The molecule has 6 nitrogen and oxygen atoms in total. The number of hydrogen-bond donors (Lipinski definition) is 0. The molecule has 0 bridgehead atoms. The summed E-state index contributed by atoms with van der Waals surface area (Å²) in [4.78, 5) is 26.4. The predicted octanol–water partition coefficient (Wildman–Crippen LogP) is 5.85. The van der Waals surface area contributed by atoms with Gasteiger partial charge in [-0.25, -0.2) is 9.59 Å². The molecule has 2 heterocycles. The van der Waals surface area contributed by atoms with Crippen molar-refractivity contribution in [3.63, 3.8) is 0 Å². The minimum Gasteiger partial charge on any atom is -0.444 e. The van der Waals surface area contributed by atoms with E-state index in [0.717, 1.165) is 28.3 Å². The Morgan fingerprint density at radius 2 is 1.72 bits per heavy atom. The van der Waals surface area contributed by atoms with E-state index in [0.29, 0.717) is 13.1 Å². The van der Waals surface area contributed by atoms with Gasteiger partial charge in [0.05, 0.1) is 0 Å². The van der Waals surface area contributed by atoms with Crippen LogP contribution in [0.1, 0.15) is 38.3 Å². The van der Waals surface area contributed by atoms with Gasteiger partial charge in [0.25, 0.3) is 0 Å². The van der Waals surface area contributed by atoms with Gasteiger partial charge in [0.1, 0.15) is 12.2 Å². The molecule has 0 spiro atoms. The van der Waals surface area contributed by atoms with Crippen molar-refractivity contribution in [3.8, 4) is 0 Å². The third-order valence-electron chi connectivity index (χ3n) is 5.29. The van der Waals surface area contributed by atoms with Crippen molar-refractivity contribution >= 4 is 28.5 Å². The minimum atomic E-state index is -0.498. The molecular formula is C26H28N2O4. The molecule has 0 saturated heterocycles. The Morgan fingerprint density at radius 3 is 2.41 bits per heavy atom. The molecule has 0 unspecified atom stereocenters. The highest BCUT2D eigenvalue weighted by molar-refractivity contribution is 5.89. The Morgan fingerprint density at radius 1 is 0.969 bits per heavy atom. The summed E-state index contributed by atoms with van der Waals surface area (Å²) in [6.45, 7) is 6.99. The van der Waals surface area contributed by atoms with Gasteiger partial charge in [-0.15, -0.1) is 0 Å². The van der Waals surface area contributed by atoms with Gasteiger partial charge in [-0.2, -0.15) is 0 Å². The molecule has 32 heavy (non-hydrogen) atoms. The van der Waals surface area contributed by atoms with E-state index in [1.165, 1.54) is 10.1 Å². The second-order valence-corrected chi connectivity index (χ2v) is 8.96. The molecule has 3 aromatic rings. The Hall–Kier alpha value is -3.54. The Balaban J connectivity index is 1.43. The number of rotatable bonds is 3. The van der Waals surface area contributed by atoms with Crippen LogP contribution in [0.2, 0.25) is 0 Å². The van der Waals surface area contributed by atoms with Gasteiger partial charge in [-0.3, -0.25) is 4.57 Å². The zero-order valence-corrected chi connectivity index (χ0v) is 18.7. The van der Waals surface area contributed by atoms with Gasteiger partial charge in [-0.1, -0.05) is 48.5 Å². The van der Waals surface area contributed by atoms with Gasteiger partial charge in [0.2, 0.25) is 0 Å². The van der Waals surface area contributed by atoms with Crippen LogP contribution in [0.15, 0.2) is 67.0 Å². The Kier molecular flexibility index (Phi) is 6.04. The van der Waals surface area contributed by atoms with Gasteiger partial charge in [-0.05, 0) is 50.0 Å². The maximum atomic E-state index is 12.5. The summed E-state index contributed by atoms with van der Waals surface area (Å²) in [5, 5.41) is 1.94. The van der Waals surface area contributed by atoms with Crippen molar-refractivity contribution < 1.29 is 19.1 Å². The summed E-state index contributed by atoms with van der Waals surface area (Å²) in [5.41, 5.74) is 2.73. The molecule has 0 aliphatic carbocycles. The van der Waals surface area contributed by atoms with Crippen molar-refractivity contribution in [2.24, 2.45) is 0 Å². The van der Waals surface area contributed by atoms with E-state index in [9.17, 15) is 9.59 Å². The summed E-state index contributed by atoms with van der Waals surface area (Å²) < 4.78 is 12.4. The van der Waals surface area contributed by atoms with E-state index in [1.54, 1.807) is 17.3 Å². The summed E-state index contributed by atoms with van der Waals surface area (Å²) in [5.74, 6) is 0. The predicted molar refractivity (Wildman–Crippen MR) is 124 cm³/mol. The summed E-state index contributed by atoms with van der Waals surface area (Å²) in [7, 11) is 0. The molecule has 0 atom stereocenters. The summed E-state index contributed by atoms with van der Waals surface area (Å²) in [6, 6.07) is 15.7.